The number of hydrogen-bond donors (Lipinski definition) is 2. The van der Waals surface area contributed by atoms with Crippen LogP contribution in [0, 0.1) is 11.8 Å². The van der Waals surface area contributed by atoms with Crippen molar-refractivity contribution in [2.75, 3.05) is 25.0 Å². The minimum absolute atomic E-state index is 0. The van der Waals surface area contributed by atoms with Gasteiger partial charge in [0.05, 0.1) is 0 Å². The molecule has 0 aliphatic carbocycles. The number of halogens is 1. The second-order valence-corrected chi connectivity index (χ2v) is 7.01. The molecule has 1 aliphatic heterocycles. The molecule has 1 heterocycles. The van der Waals surface area contributed by atoms with Gasteiger partial charge in [0.2, 0.25) is 11.8 Å². The molecule has 1 aliphatic rings. The van der Waals surface area contributed by atoms with Crippen LogP contribution in [0.15, 0.2) is 24.3 Å². The number of carbonyl (C=O) groups excluding carboxylic acids is 2. The molecule has 0 radical (unpaired) electrons. The van der Waals surface area contributed by atoms with Gasteiger partial charge in [0.1, 0.15) is 0 Å². The third-order valence-corrected chi connectivity index (χ3v) is 5.18. The van der Waals surface area contributed by atoms with E-state index in [9.17, 15) is 9.59 Å². The van der Waals surface area contributed by atoms with E-state index in [0.29, 0.717) is 31.3 Å². The molecule has 1 atom stereocenters. The van der Waals surface area contributed by atoms with Crippen molar-refractivity contribution in [3.8, 4) is 0 Å². The van der Waals surface area contributed by atoms with E-state index in [1.54, 1.807) is 11.8 Å². The van der Waals surface area contributed by atoms with Gasteiger partial charge >= 0.3 is 0 Å². The summed E-state index contributed by atoms with van der Waals surface area (Å²) in [6.45, 7) is 9.00. The van der Waals surface area contributed by atoms with Crippen LogP contribution in [0.5, 0.6) is 0 Å². The van der Waals surface area contributed by atoms with E-state index in [2.05, 4.69) is 17.6 Å². The lowest BCUT2D eigenvalue weighted by atomic mass is 9.84. The SMILES string of the molecule is CCN(Cc1ccccc1NC(=O)CC(C)C1CCNCC1)C(C)=O.Cl. The molecule has 2 N–H and O–H groups in total. The van der Waals surface area contributed by atoms with Crippen LogP contribution in [0.3, 0.4) is 0 Å². The summed E-state index contributed by atoms with van der Waals surface area (Å²) < 4.78 is 0. The number of hydrogen-bond acceptors (Lipinski definition) is 3. The Morgan fingerprint density at radius 3 is 2.54 bits per heavy atom. The lowest BCUT2D eigenvalue weighted by Crippen LogP contribution is -2.32. The van der Waals surface area contributed by atoms with Crippen LogP contribution in [0.25, 0.3) is 0 Å². The number of amides is 2. The summed E-state index contributed by atoms with van der Waals surface area (Å²) in [4.78, 5) is 25.9. The van der Waals surface area contributed by atoms with Crippen LogP contribution >= 0.6 is 12.4 Å². The zero-order valence-corrected chi connectivity index (χ0v) is 16.9. The molecule has 1 fully saturated rings. The van der Waals surface area contributed by atoms with E-state index in [0.717, 1.165) is 37.2 Å². The molecule has 2 amide bonds. The smallest absolute Gasteiger partial charge is 0.224 e. The molecular formula is C20H32ClN3O2. The first-order chi connectivity index (χ1) is 12.0. The maximum atomic E-state index is 12.5. The fraction of sp³-hybridized carbons (Fsp3) is 0.600. The molecular weight excluding hydrogens is 350 g/mol. The number of piperidine rings is 1. The van der Waals surface area contributed by atoms with Crippen molar-refractivity contribution < 1.29 is 9.59 Å². The van der Waals surface area contributed by atoms with Gasteiger partial charge in [0, 0.05) is 32.1 Å². The van der Waals surface area contributed by atoms with E-state index < -0.39 is 0 Å². The summed E-state index contributed by atoms with van der Waals surface area (Å²) in [6.07, 6.45) is 2.84. The zero-order valence-electron chi connectivity index (χ0n) is 16.1. The number of nitrogens with zero attached hydrogens (tertiary/aromatic N) is 1. The standard InChI is InChI=1S/C20H31N3O2.ClH/c1-4-23(16(3)24)14-18-7-5-6-8-19(18)22-20(25)13-15(2)17-9-11-21-12-10-17;/h5-8,15,17,21H,4,9-14H2,1-3H3,(H,22,25);1H. The van der Waals surface area contributed by atoms with Crippen molar-refractivity contribution in [2.24, 2.45) is 11.8 Å². The van der Waals surface area contributed by atoms with Gasteiger partial charge in [-0.25, -0.2) is 0 Å². The molecule has 0 aromatic heterocycles. The van der Waals surface area contributed by atoms with Crippen molar-refractivity contribution >= 4 is 29.9 Å². The average molecular weight is 382 g/mol. The third-order valence-electron chi connectivity index (χ3n) is 5.18. The van der Waals surface area contributed by atoms with E-state index in [-0.39, 0.29) is 24.2 Å². The molecule has 26 heavy (non-hydrogen) atoms. The number of rotatable bonds is 7. The van der Waals surface area contributed by atoms with E-state index >= 15 is 0 Å². The fourth-order valence-electron chi connectivity index (χ4n) is 3.51. The monoisotopic (exact) mass is 381 g/mol. The van der Waals surface area contributed by atoms with Crippen LogP contribution in [0.1, 0.15) is 45.6 Å². The minimum Gasteiger partial charge on any atom is -0.339 e. The van der Waals surface area contributed by atoms with Gasteiger partial charge in [-0.1, -0.05) is 25.1 Å². The minimum atomic E-state index is 0. The van der Waals surface area contributed by atoms with Crippen molar-refractivity contribution in [1.82, 2.24) is 10.2 Å². The molecule has 0 bridgehead atoms. The molecule has 0 spiro atoms. The Kier molecular flexibility index (Phi) is 9.66. The highest BCUT2D eigenvalue weighted by molar-refractivity contribution is 5.91. The largest absolute Gasteiger partial charge is 0.339 e. The van der Waals surface area contributed by atoms with Gasteiger partial charge in [-0.05, 0) is 56.3 Å². The normalized spacial score (nSPS) is 15.7. The molecule has 146 valence electrons. The molecule has 5 nitrogen and oxygen atoms in total. The summed E-state index contributed by atoms with van der Waals surface area (Å²) in [5, 5.41) is 6.43. The van der Waals surface area contributed by atoms with E-state index in [1.165, 1.54) is 0 Å². The van der Waals surface area contributed by atoms with Crippen LogP contribution in [0.4, 0.5) is 5.69 Å². The Morgan fingerprint density at radius 2 is 1.92 bits per heavy atom. The molecule has 0 saturated carbocycles. The van der Waals surface area contributed by atoms with Crippen molar-refractivity contribution in [3.63, 3.8) is 0 Å². The first-order valence-corrected chi connectivity index (χ1v) is 9.35. The van der Waals surface area contributed by atoms with Gasteiger partial charge in [-0.3, -0.25) is 9.59 Å². The van der Waals surface area contributed by atoms with Crippen LogP contribution < -0.4 is 10.6 Å². The zero-order chi connectivity index (χ0) is 18.2. The van der Waals surface area contributed by atoms with Gasteiger partial charge < -0.3 is 15.5 Å². The second-order valence-electron chi connectivity index (χ2n) is 7.01. The molecule has 1 aromatic rings. The number of carbonyl (C=O) groups is 2. The molecule has 2 rings (SSSR count). The van der Waals surface area contributed by atoms with Crippen molar-refractivity contribution in [2.45, 2.75) is 46.6 Å². The van der Waals surface area contributed by atoms with Gasteiger partial charge in [0.25, 0.3) is 0 Å². The maximum absolute atomic E-state index is 12.5. The molecule has 1 unspecified atom stereocenters. The highest BCUT2D eigenvalue weighted by Gasteiger charge is 2.22. The van der Waals surface area contributed by atoms with Crippen LogP contribution in [-0.4, -0.2) is 36.3 Å². The highest BCUT2D eigenvalue weighted by Crippen LogP contribution is 2.25. The number of anilines is 1. The number of nitrogens with one attached hydrogen (secondary N) is 2. The lowest BCUT2D eigenvalue weighted by molar-refractivity contribution is -0.129. The Morgan fingerprint density at radius 1 is 1.27 bits per heavy atom. The summed E-state index contributed by atoms with van der Waals surface area (Å²) in [5.41, 5.74) is 1.78. The van der Waals surface area contributed by atoms with E-state index in [4.69, 9.17) is 0 Å². The van der Waals surface area contributed by atoms with Crippen molar-refractivity contribution in [3.05, 3.63) is 29.8 Å². The maximum Gasteiger partial charge on any atom is 0.224 e. The Balaban J connectivity index is 0.00000338. The van der Waals surface area contributed by atoms with Crippen LogP contribution in [-0.2, 0) is 16.1 Å². The topological polar surface area (TPSA) is 61.4 Å². The summed E-state index contributed by atoms with van der Waals surface area (Å²) in [5.74, 6) is 1.11. The van der Waals surface area contributed by atoms with Gasteiger partial charge in [-0.15, -0.1) is 12.4 Å². The summed E-state index contributed by atoms with van der Waals surface area (Å²) >= 11 is 0. The first-order valence-electron chi connectivity index (χ1n) is 9.35. The first kappa shape index (κ1) is 22.5. The van der Waals surface area contributed by atoms with Gasteiger partial charge in [0.15, 0.2) is 0 Å². The Labute approximate surface area is 163 Å². The Bertz CT molecular complexity index is 588. The number of para-hydroxylation sites is 1. The molecule has 1 saturated heterocycles. The fourth-order valence-corrected chi connectivity index (χ4v) is 3.51. The average Bonchev–Trinajstić information content (AvgIpc) is 2.61. The van der Waals surface area contributed by atoms with Gasteiger partial charge in [-0.2, -0.15) is 0 Å². The van der Waals surface area contributed by atoms with Crippen molar-refractivity contribution in [1.29, 1.82) is 0 Å². The summed E-state index contributed by atoms with van der Waals surface area (Å²) in [6, 6.07) is 7.74. The second kappa shape index (κ2) is 11.2. The van der Waals surface area contributed by atoms with E-state index in [1.807, 2.05) is 31.2 Å². The third kappa shape index (κ3) is 6.61. The quantitative estimate of drug-likeness (QED) is 0.760. The summed E-state index contributed by atoms with van der Waals surface area (Å²) in [7, 11) is 0. The molecule has 6 heteroatoms. The van der Waals surface area contributed by atoms with Crippen LogP contribution in [0.2, 0.25) is 0 Å². The molecule has 1 aromatic carbocycles. The predicted octanol–water partition coefficient (Wildman–Crippen LogP) is 3.44. The lowest BCUT2D eigenvalue weighted by Gasteiger charge is -2.28. The highest BCUT2D eigenvalue weighted by atomic mass is 35.5. The Hall–Kier alpha value is -1.59. The predicted molar refractivity (Wildman–Crippen MR) is 108 cm³/mol. The number of benzene rings is 1.